The van der Waals surface area contributed by atoms with Crippen LogP contribution in [0.5, 0.6) is 5.75 Å². The predicted octanol–water partition coefficient (Wildman–Crippen LogP) is 4.70. The van der Waals surface area contributed by atoms with E-state index in [0.717, 1.165) is 31.2 Å². The highest BCUT2D eigenvalue weighted by molar-refractivity contribution is 6.16. The van der Waals surface area contributed by atoms with Crippen LogP contribution in [0.2, 0.25) is 0 Å². The van der Waals surface area contributed by atoms with Gasteiger partial charge in [0.15, 0.2) is 5.78 Å². The van der Waals surface area contributed by atoms with Crippen LogP contribution in [0.4, 0.5) is 13.2 Å². The third kappa shape index (κ3) is 4.60. The van der Waals surface area contributed by atoms with E-state index in [2.05, 4.69) is 5.32 Å². The predicted molar refractivity (Wildman–Crippen MR) is 128 cm³/mol. The van der Waals surface area contributed by atoms with Crippen molar-refractivity contribution in [2.45, 2.75) is 32.4 Å². The van der Waals surface area contributed by atoms with E-state index in [9.17, 15) is 23.8 Å². The average molecular weight is 486 g/mol. The lowest BCUT2D eigenvalue weighted by molar-refractivity contribution is 0.101. The molecule has 1 fully saturated rings. The molecule has 1 saturated heterocycles. The summed E-state index contributed by atoms with van der Waals surface area (Å²) >= 11 is 0. The zero-order valence-electron chi connectivity index (χ0n) is 19.4. The zero-order valence-corrected chi connectivity index (χ0v) is 19.4. The van der Waals surface area contributed by atoms with Crippen molar-refractivity contribution in [3.8, 4) is 5.75 Å². The number of benzene rings is 2. The van der Waals surface area contributed by atoms with Crippen LogP contribution in [-0.4, -0.2) is 41.8 Å². The lowest BCUT2D eigenvalue weighted by Gasteiger charge is -2.37. The van der Waals surface area contributed by atoms with Gasteiger partial charge in [0, 0.05) is 23.6 Å². The smallest absolute Gasteiger partial charge is 0.195 e. The number of hydrogen-bond donors (Lipinski definition) is 4. The van der Waals surface area contributed by atoms with Crippen molar-refractivity contribution in [1.82, 2.24) is 5.32 Å². The number of allylic oxidation sites excluding steroid dienone is 2. The van der Waals surface area contributed by atoms with Gasteiger partial charge in [0.1, 0.15) is 29.3 Å². The van der Waals surface area contributed by atoms with Crippen LogP contribution < -0.4 is 11.1 Å². The Bertz CT molecular complexity index is 1200. The van der Waals surface area contributed by atoms with E-state index >= 15 is 4.39 Å². The Morgan fingerprint density at radius 3 is 2.63 bits per heavy atom. The van der Waals surface area contributed by atoms with E-state index in [0.29, 0.717) is 18.5 Å². The molecule has 1 radical (unpaired) electrons. The van der Waals surface area contributed by atoms with E-state index in [1.807, 2.05) is 0 Å². The number of Topliss-reactive ketones (excluding diaryl/α,β-unsaturated/α-hetero) is 1. The topological polar surface area (TPSA) is 95.6 Å². The minimum Gasteiger partial charge on any atom is -0.508 e. The Morgan fingerprint density at radius 2 is 1.94 bits per heavy atom. The Kier molecular flexibility index (Phi) is 7.33. The molecule has 8 heteroatoms. The van der Waals surface area contributed by atoms with E-state index in [1.54, 1.807) is 0 Å². The van der Waals surface area contributed by atoms with Crippen molar-refractivity contribution in [2.75, 3.05) is 19.6 Å². The second-order valence-electron chi connectivity index (χ2n) is 8.93. The van der Waals surface area contributed by atoms with Crippen molar-refractivity contribution in [3.05, 3.63) is 87.5 Å². The third-order valence-corrected chi connectivity index (χ3v) is 6.76. The Hall–Kier alpha value is -3.10. The first-order chi connectivity index (χ1) is 16.8. The molecule has 0 amide bonds. The number of nitrogens with two attached hydrogens (primary N) is 1. The number of carbonyl (C=O) groups excluding carboxylic acids is 1. The summed E-state index contributed by atoms with van der Waals surface area (Å²) in [6, 6.07) is 7.02. The number of rotatable bonds is 6. The molecule has 2 atom stereocenters. The summed E-state index contributed by atoms with van der Waals surface area (Å²) in [5.74, 6) is -3.34. The van der Waals surface area contributed by atoms with Crippen LogP contribution in [0.3, 0.4) is 0 Å². The van der Waals surface area contributed by atoms with Gasteiger partial charge in [-0.3, -0.25) is 4.79 Å². The summed E-state index contributed by atoms with van der Waals surface area (Å²) in [6.07, 6.45) is -0.427. The van der Waals surface area contributed by atoms with E-state index in [4.69, 9.17) is 5.73 Å². The number of carbonyl (C=O) groups is 1. The molecule has 0 saturated carbocycles. The number of aliphatic hydroxyl groups is 1. The SMILES string of the molecule is Cc1c(F)cccc1C1=C(C(=O)c2cc(O)ccc2F)[C@H](F)[C](CCN)C(C2CCCNC2)=C1O. The number of aromatic hydroxyl groups is 1. The molecule has 0 aromatic heterocycles. The lowest BCUT2D eigenvalue weighted by Crippen LogP contribution is -2.38. The van der Waals surface area contributed by atoms with Gasteiger partial charge in [0.2, 0.25) is 0 Å². The molecule has 1 aliphatic carbocycles. The summed E-state index contributed by atoms with van der Waals surface area (Å²) in [7, 11) is 0. The monoisotopic (exact) mass is 485 g/mol. The van der Waals surface area contributed by atoms with Crippen LogP contribution in [0, 0.1) is 30.4 Å². The van der Waals surface area contributed by atoms with E-state index in [-0.39, 0.29) is 53.0 Å². The molecular weight excluding hydrogens is 457 g/mol. The fraction of sp³-hybridized carbons (Fsp3) is 0.333. The first-order valence-electron chi connectivity index (χ1n) is 11.6. The van der Waals surface area contributed by atoms with Gasteiger partial charge in [0.05, 0.1) is 5.56 Å². The molecule has 2 aliphatic rings. The molecule has 1 heterocycles. The molecule has 5 N–H and O–H groups in total. The van der Waals surface area contributed by atoms with Gasteiger partial charge >= 0.3 is 0 Å². The number of nitrogens with one attached hydrogen (secondary N) is 1. The number of halogens is 3. The molecule has 4 rings (SSSR count). The van der Waals surface area contributed by atoms with Gasteiger partial charge in [0.25, 0.3) is 0 Å². The van der Waals surface area contributed by atoms with Crippen LogP contribution in [0.25, 0.3) is 5.57 Å². The minimum absolute atomic E-state index is 0.0724. The number of phenols is 1. The molecule has 5 nitrogen and oxygen atoms in total. The van der Waals surface area contributed by atoms with Gasteiger partial charge in [-0.1, -0.05) is 12.1 Å². The zero-order chi connectivity index (χ0) is 25.3. The molecule has 2 aromatic rings. The molecule has 2 aromatic carbocycles. The average Bonchev–Trinajstić information content (AvgIpc) is 2.85. The number of piperidine rings is 1. The number of phenolic OH excluding ortho intramolecular Hbond substituents is 1. The Morgan fingerprint density at radius 1 is 1.17 bits per heavy atom. The fourth-order valence-corrected chi connectivity index (χ4v) is 5.03. The van der Waals surface area contributed by atoms with Gasteiger partial charge in [-0.15, -0.1) is 0 Å². The van der Waals surface area contributed by atoms with E-state index < -0.39 is 34.7 Å². The third-order valence-electron chi connectivity index (χ3n) is 6.76. The summed E-state index contributed by atoms with van der Waals surface area (Å²) in [4.78, 5) is 13.6. The number of ketones is 1. The van der Waals surface area contributed by atoms with Crippen molar-refractivity contribution < 1.29 is 28.2 Å². The highest BCUT2D eigenvalue weighted by atomic mass is 19.1. The second kappa shape index (κ2) is 10.3. The molecule has 185 valence electrons. The quantitative estimate of drug-likeness (QED) is 0.445. The van der Waals surface area contributed by atoms with Gasteiger partial charge in [-0.2, -0.15) is 0 Å². The van der Waals surface area contributed by atoms with Crippen molar-refractivity contribution in [3.63, 3.8) is 0 Å². The minimum atomic E-state index is -2.00. The highest BCUT2D eigenvalue weighted by Crippen LogP contribution is 2.48. The molecular formula is C27H28F3N2O3. The Balaban J connectivity index is 2.03. The highest BCUT2D eigenvalue weighted by Gasteiger charge is 2.44. The summed E-state index contributed by atoms with van der Waals surface area (Å²) in [5, 5.41) is 24.7. The molecule has 1 unspecified atom stereocenters. The largest absolute Gasteiger partial charge is 0.508 e. The maximum Gasteiger partial charge on any atom is 0.195 e. The second-order valence-corrected chi connectivity index (χ2v) is 8.93. The number of hydrogen-bond acceptors (Lipinski definition) is 5. The molecule has 35 heavy (non-hydrogen) atoms. The maximum atomic E-state index is 16.4. The maximum absolute atomic E-state index is 16.4. The Labute approximate surface area is 202 Å². The lowest BCUT2D eigenvalue weighted by atomic mass is 9.70. The number of alkyl halides is 1. The van der Waals surface area contributed by atoms with Gasteiger partial charge in [-0.25, -0.2) is 13.2 Å². The molecule has 0 bridgehead atoms. The van der Waals surface area contributed by atoms with Crippen LogP contribution >= 0.6 is 0 Å². The summed E-state index contributed by atoms with van der Waals surface area (Å²) < 4.78 is 45.6. The van der Waals surface area contributed by atoms with Crippen molar-refractivity contribution in [1.29, 1.82) is 0 Å². The van der Waals surface area contributed by atoms with Crippen LogP contribution in [0.15, 0.2) is 53.3 Å². The van der Waals surface area contributed by atoms with Gasteiger partial charge < -0.3 is 21.3 Å². The number of aliphatic hydroxyl groups excluding tert-OH is 1. The van der Waals surface area contributed by atoms with Crippen LogP contribution in [-0.2, 0) is 0 Å². The standard InChI is InChI=1S/C27H28F3N2O3/c1-14-17(5-2-6-20(14)28)23-24(26(34)19-12-16(33)7-8-21(19)29)25(30)18(9-10-31)22(27(23)35)15-4-3-11-32-13-15/h2,5-8,12,15,25,32-33,35H,3-4,9-11,13,31H2,1H3/t15?,25-/m1/s1. The van der Waals surface area contributed by atoms with Crippen molar-refractivity contribution in [2.24, 2.45) is 11.7 Å². The first kappa shape index (κ1) is 25.0. The summed E-state index contributed by atoms with van der Waals surface area (Å²) in [6.45, 7) is 2.83. The van der Waals surface area contributed by atoms with Crippen molar-refractivity contribution >= 4 is 11.4 Å². The normalized spacial score (nSPS) is 21.5. The fourth-order valence-electron chi connectivity index (χ4n) is 5.03. The first-order valence-corrected chi connectivity index (χ1v) is 11.6. The van der Waals surface area contributed by atoms with Gasteiger partial charge in [-0.05, 0) is 86.2 Å². The summed E-state index contributed by atoms with van der Waals surface area (Å²) in [5.41, 5.74) is 5.18. The molecule has 0 spiro atoms. The van der Waals surface area contributed by atoms with E-state index in [1.165, 1.54) is 25.1 Å². The molecule has 1 aliphatic heterocycles. The van der Waals surface area contributed by atoms with Crippen LogP contribution in [0.1, 0.15) is 40.7 Å².